The fraction of sp³-hybridized carbons (Fsp3) is 0.280. The van der Waals surface area contributed by atoms with Crippen LogP contribution in [0, 0.1) is 5.82 Å². The minimum absolute atomic E-state index is 0.125. The van der Waals surface area contributed by atoms with E-state index in [0.29, 0.717) is 5.75 Å². The van der Waals surface area contributed by atoms with Crippen LogP contribution in [-0.4, -0.2) is 21.0 Å². The molecule has 0 radical (unpaired) electrons. The van der Waals surface area contributed by atoms with E-state index in [-0.39, 0.29) is 11.7 Å². The Hall–Kier alpha value is -3.07. The highest BCUT2D eigenvalue weighted by molar-refractivity contribution is 7.88. The van der Waals surface area contributed by atoms with Gasteiger partial charge in [0.05, 0.1) is 7.11 Å². The van der Waals surface area contributed by atoms with Crippen molar-refractivity contribution in [2.24, 2.45) is 0 Å². The Bertz CT molecular complexity index is 1210. The zero-order valence-corrected chi connectivity index (χ0v) is 19.4. The summed E-state index contributed by atoms with van der Waals surface area (Å²) in [5.41, 5.74) is -1.62. The fourth-order valence-corrected chi connectivity index (χ4v) is 4.11. The summed E-state index contributed by atoms with van der Waals surface area (Å²) in [6.07, 6.45) is 2.32. The van der Waals surface area contributed by atoms with Crippen LogP contribution in [0.5, 0.6) is 11.5 Å². The van der Waals surface area contributed by atoms with Crippen LogP contribution in [0.2, 0.25) is 0 Å². The first-order valence-electron chi connectivity index (χ1n) is 10.5. The van der Waals surface area contributed by atoms with Crippen LogP contribution in [0.3, 0.4) is 0 Å². The third-order valence-electron chi connectivity index (χ3n) is 5.51. The summed E-state index contributed by atoms with van der Waals surface area (Å²) >= 11 is 0. The molecule has 0 saturated carbocycles. The second kappa shape index (κ2) is 10.5. The molecule has 0 aliphatic heterocycles. The molecule has 0 bridgehead atoms. The topological polar surface area (TPSA) is 52.6 Å². The summed E-state index contributed by atoms with van der Waals surface area (Å²) in [5.74, 6) is -0.114. The Balaban J connectivity index is 1.76. The number of ether oxygens (including phenoxy) is 1. The number of hydrogen-bond donors (Lipinski definition) is 0. The first-order chi connectivity index (χ1) is 16.0. The van der Waals surface area contributed by atoms with E-state index < -0.39 is 21.4 Å². The number of halogens is 4. The number of alkyl halides is 3. The van der Waals surface area contributed by atoms with Gasteiger partial charge in [0, 0.05) is 5.92 Å². The predicted molar refractivity (Wildman–Crippen MR) is 121 cm³/mol. The Labute approximate surface area is 196 Å². The van der Waals surface area contributed by atoms with Gasteiger partial charge in [0.25, 0.3) is 0 Å². The number of benzene rings is 3. The van der Waals surface area contributed by atoms with Crippen molar-refractivity contribution in [1.29, 1.82) is 0 Å². The molecule has 0 aliphatic rings. The molecule has 4 nitrogen and oxygen atoms in total. The first kappa shape index (κ1) is 25.6. The monoisotopic (exact) mass is 496 g/mol. The molecule has 182 valence electrons. The summed E-state index contributed by atoms with van der Waals surface area (Å²) in [6.45, 7) is 1.95. The van der Waals surface area contributed by atoms with E-state index >= 15 is 0 Å². The van der Waals surface area contributed by atoms with Gasteiger partial charge in [-0.15, -0.1) is 0 Å². The van der Waals surface area contributed by atoms with Crippen molar-refractivity contribution in [3.8, 4) is 11.5 Å². The lowest BCUT2D eigenvalue weighted by molar-refractivity contribution is -0.0500. The standard InChI is InChI=1S/C25H24F4O4S/c1-17(19-8-12-22(13-9-19)33-34(30,31)25(27,28)29)24-15-14-23(32-2)16-20(24)5-3-4-18-6-10-21(26)11-7-18/h6-17H,3-5H2,1-2H3. The molecule has 3 aromatic rings. The highest BCUT2D eigenvalue weighted by Crippen LogP contribution is 2.32. The molecule has 3 rings (SSSR count). The lowest BCUT2D eigenvalue weighted by atomic mass is 9.87. The van der Waals surface area contributed by atoms with Gasteiger partial charge in [-0.2, -0.15) is 21.6 Å². The molecular formula is C25H24F4O4S. The zero-order valence-electron chi connectivity index (χ0n) is 18.6. The fourth-order valence-electron chi connectivity index (χ4n) is 3.65. The van der Waals surface area contributed by atoms with Crippen LogP contribution in [0.25, 0.3) is 0 Å². The summed E-state index contributed by atoms with van der Waals surface area (Å²) in [5, 5.41) is 0. The summed E-state index contributed by atoms with van der Waals surface area (Å²) in [7, 11) is -4.14. The third-order valence-corrected chi connectivity index (χ3v) is 6.49. The van der Waals surface area contributed by atoms with Crippen molar-refractivity contribution in [2.75, 3.05) is 7.11 Å². The Morgan fingerprint density at radius 2 is 1.50 bits per heavy atom. The van der Waals surface area contributed by atoms with E-state index in [1.54, 1.807) is 31.4 Å². The molecule has 0 aromatic heterocycles. The molecule has 0 N–H and O–H groups in total. The van der Waals surface area contributed by atoms with Crippen LogP contribution >= 0.6 is 0 Å². The molecular weight excluding hydrogens is 472 g/mol. The zero-order chi connectivity index (χ0) is 24.9. The van der Waals surface area contributed by atoms with Crippen molar-refractivity contribution >= 4 is 10.1 Å². The molecule has 0 heterocycles. The van der Waals surface area contributed by atoms with Crippen LogP contribution in [0.15, 0.2) is 66.7 Å². The molecule has 1 unspecified atom stereocenters. The highest BCUT2D eigenvalue weighted by atomic mass is 32.2. The molecule has 0 spiro atoms. The van der Waals surface area contributed by atoms with Crippen molar-refractivity contribution in [3.63, 3.8) is 0 Å². The Kier molecular flexibility index (Phi) is 7.86. The van der Waals surface area contributed by atoms with Gasteiger partial charge in [0.2, 0.25) is 0 Å². The maximum absolute atomic E-state index is 13.1. The molecule has 1 atom stereocenters. The van der Waals surface area contributed by atoms with Crippen molar-refractivity contribution in [1.82, 2.24) is 0 Å². The predicted octanol–water partition coefficient (Wildman–Crippen LogP) is 6.39. The van der Waals surface area contributed by atoms with Gasteiger partial charge in [-0.25, -0.2) is 4.39 Å². The van der Waals surface area contributed by atoms with Gasteiger partial charge in [-0.05, 0) is 77.9 Å². The third kappa shape index (κ3) is 6.28. The molecule has 9 heteroatoms. The van der Waals surface area contributed by atoms with Gasteiger partial charge in [0.1, 0.15) is 17.3 Å². The van der Waals surface area contributed by atoms with Gasteiger partial charge in [-0.1, -0.05) is 37.3 Å². The smallest absolute Gasteiger partial charge is 0.497 e. The van der Waals surface area contributed by atoms with E-state index in [1.807, 2.05) is 25.1 Å². The van der Waals surface area contributed by atoms with Crippen LogP contribution in [-0.2, 0) is 23.0 Å². The molecule has 0 amide bonds. The number of aryl methyl sites for hydroxylation is 2. The lowest BCUT2D eigenvalue weighted by Crippen LogP contribution is -2.28. The average Bonchev–Trinajstić information content (AvgIpc) is 2.79. The summed E-state index contributed by atoms with van der Waals surface area (Å²) < 4.78 is 82.7. The van der Waals surface area contributed by atoms with Gasteiger partial charge in [-0.3, -0.25) is 0 Å². The second-order valence-electron chi connectivity index (χ2n) is 7.82. The van der Waals surface area contributed by atoms with Crippen molar-refractivity contribution < 1.29 is 34.9 Å². The maximum atomic E-state index is 13.1. The minimum atomic E-state index is -5.72. The molecule has 34 heavy (non-hydrogen) atoms. The highest BCUT2D eigenvalue weighted by Gasteiger charge is 2.48. The molecule has 3 aromatic carbocycles. The van der Waals surface area contributed by atoms with Gasteiger partial charge >= 0.3 is 15.6 Å². The van der Waals surface area contributed by atoms with E-state index in [4.69, 9.17) is 4.74 Å². The van der Waals surface area contributed by atoms with E-state index in [0.717, 1.165) is 41.5 Å². The minimum Gasteiger partial charge on any atom is -0.497 e. The summed E-state index contributed by atoms with van der Waals surface area (Å²) in [6, 6.07) is 17.6. The Morgan fingerprint density at radius 3 is 2.09 bits per heavy atom. The van der Waals surface area contributed by atoms with E-state index in [9.17, 15) is 26.0 Å². The molecule has 0 saturated heterocycles. The quantitative estimate of drug-likeness (QED) is 0.196. The van der Waals surface area contributed by atoms with Gasteiger partial charge < -0.3 is 8.92 Å². The summed E-state index contributed by atoms with van der Waals surface area (Å²) in [4.78, 5) is 0. The lowest BCUT2D eigenvalue weighted by Gasteiger charge is -2.19. The Morgan fingerprint density at radius 1 is 0.882 bits per heavy atom. The van der Waals surface area contributed by atoms with E-state index in [1.165, 1.54) is 24.3 Å². The molecule has 0 aliphatic carbocycles. The SMILES string of the molecule is COc1ccc(C(C)c2ccc(OS(=O)(=O)C(F)(F)F)cc2)c(CCCc2ccc(F)cc2)c1. The normalized spacial score (nSPS) is 12.9. The van der Waals surface area contributed by atoms with Gasteiger partial charge in [0.15, 0.2) is 0 Å². The first-order valence-corrected chi connectivity index (χ1v) is 11.9. The van der Waals surface area contributed by atoms with Crippen LogP contribution in [0.4, 0.5) is 17.6 Å². The molecule has 0 fully saturated rings. The largest absolute Gasteiger partial charge is 0.534 e. The van der Waals surface area contributed by atoms with Crippen LogP contribution in [0.1, 0.15) is 41.5 Å². The number of methoxy groups -OCH3 is 1. The van der Waals surface area contributed by atoms with Crippen molar-refractivity contribution in [3.05, 3.63) is 94.8 Å². The van der Waals surface area contributed by atoms with Crippen LogP contribution < -0.4 is 8.92 Å². The number of rotatable bonds is 9. The second-order valence-corrected chi connectivity index (χ2v) is 9.36. The number of hydrogen-bond acceptors (Lipinski definition) is 4. The average molecular weight is 497 g/mol. The maximum Gasteiger partial charge on any atom is 0.534 e. The van der Waals surface area contributed by atoms with Crippen molar-refractivity contribution in [2.45, 2.75) is 37.6 Å². The van der Waals surface area contributed by atoms with E-state index in [2.05, 4.69) is 4.18 Å².